The predicted octanol–water partition coefficient (Wildman–Crippen LogP) is 3.24. The fourth-order valence-electron chi connectivity index (χ4n) is 1.67. The maximum Gasteiger partial charge on any atom is 0.321 e. The van der Waals surface area contributed by atoms with Crippen LogP contribution < -0.4 is 4.72 Å². The van der Waals surface area contributed by atoms with Crippen LogP contribution in [0.25, 0.3) is 0 Å². The van der Waals surface area contributed by atoms with Crippen LogP contribution in [0.1, 0.15) is 72.6 Å². The number of carboxylic acid groups (broad SMARTS) is 1. The van der Waals surface area contributed by atoms with Gasteiger partial charge in [-0.3, -0.25) is 4.79 Å². The molecule has 0 aromatic rings. The highest BCUT2D eigenvalue weighted by atomic mass is 32.2. The molecule has 0 fully saturated rings. The molecule has 0 aromatic heterocycles. The van der Waals surface area contributed by atoms with Gasteiger partial charge in [-0.05, 0) is 27.2 Å². The Hall–Kier alpha value is -0.420. The Morgan fingerprint density at radius 1 is 1.16 bits per heavy atom. The zero-order valence-corrected chi connectivity index (χ0v) is 13.5. The SMILES string of the molecule is CCCCCCCC[C@@H](NS(=O)C(C)(C)C)C(=O)O. The van der Waals surface area contributed by atoms with E-state index in [4.69, 9.17) is 5.11 Å². The van der Waals surface area contributed by atoms with Gasteiger partial charge in [0.25, 0.3) is 0 Å². The highest BCUT2D eigenvalue weighted by molar-refractivity contribution is 7.84. The molecule has 0 rings (SSSR count). The molecule has 114 valence electrons. The summed E-state index contributed by atoms with van der Waals surface area (Å²) in [6, 6.07) is -0.703. The lowest BCUT2D eigenvalue weighted by Gasteiger charge is -2.21. The maximum absolute atomic E-state index is 11.9. The van der Waals surface area contributed by atoms with E-state index in [9.17, 15) is 9.00 Å². The normalized spacial score (nSPS) is 15.2. The first-order valence-corrected chi connectivity index (χ1v) is 8.35. The van der Waals surface area contributed by atoms with Crippen LogP contribution in [0, 0.1) is 0 Å². The van der Waals surface area contributed by atoms with E-state index < -0.39 is 27.7 Å². The van der Waals surface area contributed by atoms with Crippen molar-refractivity contribution in [2.24, 2.45) is 0 Å². The second-order valence-corrected chi connectivity index (χ2v) is 7.94. The summed E-state index contributed by atoms with van der Waals surface area (Å²) in [6.07, 6.45) is 7.29. The lowest BCUT2D eigenvalue weighted by atomic mass is 10.1. The van der Waals surface area contributed by atoms with Crippen LogP contribution in [0.3, 0.4) is 0 Å². The van der Waals surface area contributed by atoms with Crippen LogP contribution in [-0.4, -0.2) is 26.1 Å². The monoisotopic (exact) mass is 291 g/mol. The summed E-state index contributed by atoms with van der Waals surface area (Å²) < 4.78 is 14.2. The van der Waals surface area contributed by atoms with Gasteiger partial charge in [0.05, 0.1) is 15.7 Å². The van der Waals surface area contributed by atoms with Gasteiger partial charge >= 0.3 is 5.97 Å². The Bertz CT molecular complexity index is 287. The quantitative estimate of drug-likeness (QED) is 0.607. The summed E-state index contributed by atoms with van der Waals surface area (Å²) in [5.74, 6) is -0.911. The van der Waals surface area contributed by atoms with Gasteiger partial charge in [-0.2, -0.15) is 0 Å². The molecule has 0 amide bonds. The summed E-state index contributed by atoms with van der Waals surface area (Å²) in [5.41, 5.74) is 0. The van der Waals surface area contributed by atoms with Crippen molar-refractivity contribution in [2.45, 2.75) is 83.4 Å². The minimum absolute atomic E-state index is 0.436. The van der Waals surface area contributed by atoms with Gasteiger partial charge in [0.15, 0.2) is 0 Å². The largest absolute Gasteiger partial charge is 0.480 e. The number of hydrogen-bond acceptors (Lipinski definition) is 2. The third-order valence-corrected chi connectivity index (χ3v) is 4.56. The van der Waals surface area contributed by atoms with Gasteiger partial charge in [-0.25, -0.2) is 8.93 Å². The molecule has 0 aliphatic heterocycles. The number of nitrogens with one attached hydrogen (secondary N) is 1. The van der Waals surface area contributed by atoms with Gasteiger partial charge < -0.3 is 5.11 Å². The van der Waals surface area contributed by atoms with Crippen molar-refractivity contribution in [2.75, 3.05) is 0 Å². The molecule has 0 radical (unpaired) electrons. The number of unbranched alkanes of at least 4 members (excludes halogenated alkanes) is 5. The average molecular weight is 291 g/mol. The molecule has 1 unspecified atom stereocenters. The molecule has 0 aromatic carbocycles. The smallest absolute Gasteiger partial charge is 0.321 e. The van der Waals surface area contributed by atoms with Crippen molar-refractivity contribution in [1.29, 1.82) is 0 Å². The maximum atomic E-state index is 11.9. The Labute approximate surface area is 119 Å². The zero-order chi connectivity index (χ0) is 14.9. The minimum atomic E-state index is -1.33. The molecule has 2 N–H and O–H groups in total. The van der Waals surface area contributed by atoms with Gasteiger partial charge in [0, 0.05) is 0 Å². The van der Waals surface area contributed by atoms with Crippen molar-refractivity contribution in [3.8, 4) is 0 Å². The summed E-state index contributed by atoms with van der Waals surface area (Å²) in [4.78, 5) is 11.1. The molecular weight excluding hydrogens is 262 g/mol. The van der Waals surface area contributed by atoms with Crippen molar-refractivity contribution in [3.05, 3.63) is 0 Å². The molecule has 2 atom stereocenters. The van der Waals surface area contributed by atoms with E-state index in [0.717, 1.165) is 19.3 Å². The second-order valence-electron chi connectivity index (χ2n) is 5.95. The number of hydrogen-bond donors (Lipinski definition) is 2. The van der Waals surface area contributed by atoms with Crippen LogP contribution in [0.2, 0.25) is 0 Å². The molecule has 0 saturated heterocycles. The zero-order valence-electron chi connectivity index (χ0n) is 12.7. The Kier molecular flexibility index (Phi) is 9.27. The van der Waals surface area contributed by atoms with E-state index in [1.54, 1.807) is 0 Å². The first-order valence-electron chi connectivity index (χ1n) is 7.20. The molecule has 0 aliphatic rings. The molecule has 0 bridgehead atoms. The van der Waals surface area contributed by atoms with E-state index in [-0.39, 0.29) is 0 Å². The van der Waals surface area contributed by atoms with Crippen molar-refractivity contribution >= 4 is 17.0 Å². The number of carboxylic acids is 1. The Morgan fingerprint density at radius 2 is 1.68 bits per heavy atom. The highest BCUT2D eigenvalue weighted by Crippen LogP contribution is 2.13. The van der Waals surface area contributed by atoms with Gasteiger partial charge in [0.1, 0.15) is 6.04 Å². The van der Waals surface area contributed by atoms with Gasteiger partial charge in [-0.1, -0.05) is 45.4 Å². The van der Waals surface area contributed by atoms with Crippen molar-refractivity contribution < 1.29 is 14.1 Å². The fourth-order valence-corrected chi connectivity index (χ4v) is 2.50. The van der Waals surface area contributed by atoms with Crippen LogP contribution in [0.4, 0.5) is 0 Å². The summed E-state index contributed by atoms with van der Waals surface area (Å²) in [7, 11) is -1.33. The number of aliphatic carboxylic acids is 1. The van der Waals surface area contributed by atoms with Crippen LogP contribution in [-0.2, 0) is 15.8 Å². The van der Waals surface area contributed by atoms with Gasteiger partial charge in [0.2, 0.25) is 0 Å². The molecular formula is C14H29NO3S. The first kappa shape index (κ1) is 18.6. The van der Waals surface area contributed by atoms with Crippen LogP contribution in [0.15, 0.2) is 0 Å². The first-order chi connectivity index (χ1) is 8.79. The topological polar surface area (TPSA) is 66.4 Å². The molecule has 0 aliphatic carbocycles. The van der Waals surface area contributed by atoms with Crippen LogP contribution in [0.5, 0.6) is 0 Å². The number of rotatable bonds is 10. The predicted molar refractivity (Wildman–Crippen MR) is 80.4 cm³/mol. The van der Waals surface area contributed by atoms with Crippen LogP contribution >= 0.6 is 0 Å². The third kappa shape index (κ3) is 9.16. The lowest BCUT2D eigenvalue weighted by Crippen LogP contribution is -2.43. The molecule has 0 spiro atoms. The average Bonchev–Trinajstić information content (AvgIpc) is 2.30. The third-order valence-electron chi connectivity index (χ3n) is 2.95. The van der Waals surface area contributed by atoms with E-state index in [2.05, 4.69) is 11.6 Å². The molecule has 5 heteroatoms. The standard InChI is InChI=1S/C14H29NO3S/c1-5-6-7-8-9-10-11-12(13(16)17)15-19(18)14(2,3)4/h12,15H,5-11H2,1-4H3,(H,16,17)/t12-,19?/m1/s1. The van der Waals surface area contributed by atoms with Crippen molar-refractivity contribution in [3.63, 3.8) is 0 Å². The second kappa shape index (κ2) is 9.48. The molecule has 0 saturated carbocycles. The summed E-state index contributed by atoms with van der Waals surface area (Å²) >= 11 is 0. The fraction of sp³-hybridized carbons (Fsp3) is 0.929. The molecule has 19 heavy (non-hydrogen) atoms. The van der Waals surface area contributed by atoms with Gasteiger partial charge in [-0.15, -0.1) is 0 Å². The lowest BCUT2D eigenvalue weighted by molar-refractivity contribution is -0.139. The van der Waals surface area contributed by atoms with E-state index >= 15 is 0 Å². The van der Waals surface area contributed by atoms with E-state index in [1.165, 1.54) is 19.3 Å². The Balaban J connectivity index is 4.01. The van der Waals surface area contributed by atoms with E-state index in [1.807, 2.05) is 20.8 Å². The number of carbonyl (C=O) groups is 1. The summed E-state index contributed by atoms with van der Waals surface area (Å²) in [6.45, 7) is 7.67. The summed E-state index contributed by atoms with van der Waals surface area (Å²) in [5, 5.41) is 9.13. The molecule has 4 nitrogen and oxygen atoms in total. The van der Waals surface area contributed by atoms with Crippen molar-refractivity contribution in [1.82, 2.24) is 4.72 Å². The minimum Gasteiger partial charge on any atom is -0.480 e. The van der Waals surface area contributed by atoms with E-state index in [0.29, 0.717) is 6.42 Å². The Morgan fingerprint density at radius 3 is 2.16 bits per heavy atom. The molecule has 0 heterocycles. The highest BCUT2D eigenvalue weighted by Gasteiger charge is 2.25.